The molecule has 0 radical (unpaired) electrons. The van der Waals surface area contributed by atoms with Crippen LogP contribution in [0.25, 0.3) is 0 Å². The Balaban J connectivity index is 0.000000446. The molecular weight excluding hydrogens is 324 g/mol. The number of hydrogen-bond donors (Lipinski definition) is 2. The normalized spacial score (nSPS) is 15.6. The molecule has 1 aliphatic rings. The first-order valence-corrected chi connectivity index (χ1v) is 7.38. The third-order valence-corrected chi connectivity index (χ3v) is 3.23. The fraction of sp³-hybridized carbons (Fsp3) is 0.786. The number of carboxylic acid groups (broad SMARTS) is 1. The van der Waals surface area contributed by atoms with Crippen molar-refractivity contribution in [1.29, 1.82) is 0 Å². The van der Waals surface area contributed by atoms with Gasteiger partial charge in [0.25, 0.3) is 0 Å². The van der Waals surface area contributed by atoms with Gasteiger partial charge < -0.3 is 34.3 Å². The second-order valence-corrected chi connectivity index (χ2v) is 4.90. The van der Waals surface area contributed by atoms with E-state index in [2.05, 4.69) is 14.8 Å². The molecule has 0 saturated carbocycles. The Morgan fingerprint density at radius 1 is 1.17 bits per heavy atom. The Morgan fingerprint density at radius 3 is 2.17 bits per heavy atom. The van der Waals surface area contributed by atoms with Crippen LogP contribution in [0.1, 0.15) is 19.8 Å². The van der Waals surface area contributed by atoms with Crippen molar-refractivity contribution in [3.8, 4) is 0 Å². The second kappa shape index (κ2) is 12.4. The predicted molar refractivity (Wildman–Crippen MR) is 82.6 cm³/mol. The molecule has 1 rings (SSSR count). The zero-order chi connectivity index (χ0) is 18.5. The molecule has 10 nitrogen and oxygen atoms in total. The molecule has 0 aromatic carbocycles. The fourth-order valence-corrected chi connectivity index (χ4v) is 1.80. The summed E-state index contributed by atoms with van der Waals surface area (Å²) >= 11 is 0. The van der Waals surface area contributed by atoms with Crippen molar-refractivity contribution in [3.63, 3.8) is 0 Å². The van der Waals surface area contributed by atoms with Crippen LogP contribution in [-0.4, -0.2) is 81.5 Å². The number of alkyl carbamates (subject to hydrolysis) is 1. The van der Waals surface area contributed by atoms with E-state index in [4.69, 9.17) is 14.6 Å². The Hall–Kier alpha value is -2.07. The molecule has 0 spiro atoms. The molecule has 140 valence electrons. The highest BCUT2D eigenvalue weighted by molar-refractivity contribution is 5.80. The van der Waals surface area contributed by atoms with E-state index in [1.807, 2.05) is 0 Å². The topological polar surface area (TPSA) is 124 Å². The highest BCUT2D eigenvalue weighted by Crippen LogP contribution is 2.08. The number of carboxylic acids is 1. The summed E-state index contributed by atoms with van der Waals surface area (Å²) in [6, 6.07) is -1.10. The van der Waals surface area contributed by atoms with Gasteiger partial charge in [-0.15, -0.1) is 0 Å². The minimum absolute atomic E-state index is 0.0509. The summed E-state index contributed by atoms with van der Waals surface area (Å²) in [7, 11) is 4.02. The van der Waals surface area contributed by atoms with Gasteiger partial charge >= 0.3 is 18.2 Å². The van der Waals surface area contributed by atoms with E-state index in [1.54, 1.807) is 4.90 Å². The highest BCUT2D eigenvalue weighted by Gasteiger charge is 2.26. The lowest BCUT2D eigenvalue weighted by atomic mass is 10.2. The smallest absolute Gasteiger partial charge is 0.411 e. The van der Waals surface area contributed by atoms with Crippen LogP contribution < -0.4 is 5.32 Å². The molecule has 2 atom stereocenters. The molecule has 1 heterocycles. The zero-order valence-corrected chi connectivity index (χ0v) is 14.4. The van der Waals surface area contributed by atoms with Crippen molar-refractivity contribution < 1.29 is 38.4 Å². The lowest BCUT2D eigenvalue weighted by Crippen LogP contribution is -2.48. The van der Waals surface area contributed by atoms with Crippen LogP contribution in [0, 0.1) is 0 Å². The van der Waals surface area contributed by atoms with Gasteiger partial charge in [0.2, 0.25) is 0 Å². The molecule has 1 fully saturated rings. The van der Waals surface area contributed by atoms with Crippen LogP contribution in [0.5, 0.6) is 0 Å². The standard InChI is InChI=1S/C7H13NO5.C7H13NO3/c1-4(12-2)5(6(9)10)8-7(11)13-3;1-10-6-11-7(9)8-4-2-3-5-8/h4-5H,1-3H3,(H,8,11)(H,9,10);2-6H2,1H3/t4-,5+;/m1./s1. The number of methoxy groups -OCH3 is 3. The van der Waals surface area contributed by atoms with Gasteiger partial charge in [0, 0.05) is 27.3 Å². The third kappa shape index (κ3) is 8.53. The van der Waals surface area contributed by atoms with Gasteiger partial charge in [-0.2, -0.15) is 0 Å². The zero-order valence-electron chi connectivity index (χ0n) is 14.4. The summed E-state index contributed by atoms with van der Waals surface area (Å²) in [5, 5.41) is 10.8. The van der Waals surface area contributed by atoms with E-state index >= 15 is 0 Å². The van der Waals surface area contributed by atoms with Crippen LogP contribution >= 0.6 is 0 Å². The van der Waals surface area contributed by atoms with Crippen molar-refractivity contribution in [2.75, 3.05) is 41.2 Å². The van der Waals surface area contributed by atoms with Gasteiger partial charge in [-0.3, -0.25) is 0 Å². The summed E-state index contributed by atoms with van der Waals surface area (Å²) in [6.07, 6.45) is 0.502. The first-order valence-electron chi connectivity index (χ1n) is 7.38. The molecule has 24 heavy (non-hydrogen) atoms. The SMILES string of the molecule is COC(=O)N[C@H](C(=O)O)[C@@H](C)OC.COCOC(=O)N1CCCC1. The number of hydrogen-bond acceptors (Lipinski definition) is 7. The molecular formula is C14H26N2O8. The molecule has 0 aromatic rings. The van der Waals surface area contributed by atoms with Crippen molar-refractivity contribution in [3.05, 3.63) is 0 Å². The minimum atomic E-state index is -1.17. The molecule has 0 aliphatic carbocycles. The largest absolute Gasteiger partial charge is 0.480 e. The summed E-state index contributed by atoms with van der Waals surface area (Å²) in [5.74, 6) is -1.17. The van der Waals surface area contributed by atoms with Gasteiger partial charge in [-0.25, -0.2) is 14.4 Å². The van der Waals surface area contributed by atoms with Gasteiger partial charge in [-0.1, -0.05) is 0 Å². The van der Waals surface area contributed by atoms with E-state index in [1.165, 1.54) is 21.1 Å². The van der Waals surface area contributed by atoms with E-state index in [0.29, 0.717) is 0 Å². The van der Waals surface area contributed by atoms with Gasteiger partial charge in [0.1, 0.15) is 0 Å². The van der Waals surface area contributed by atoms with Crippen molar-refractivity contribution in [1.82, 2.24) is 10.2 Å². The quantitative estimate of drug-likeness (QED) is 0.669. The molecule has 2 amide bonds. The van der Waals surface area contributed by atoms with Crippen LogP contribution in [0.3, 0.4) is 0 Å². The highest BCUT2D eigenvalue weighted by atomic mass is 16.7. The molecule has 1 aliphatic heterocycles. The number of ether oxygens (including phenoxy) is 4. The number of rotatable bonds is 6. The number of carbonyl (C=O) groups excluding carboxylic acids is 2. The number of likely N-dealkylation sites (tertiary alicyclic amines) is 1. The van der Waals surface area contributed by atoms with Gasteiger partial charge in [0.15, 0.2) is 12.8 Å². The van der Waals surface area contributed by atoms with E-state index < -0.39 is 24.2 Å². The fourth-order valence-electron chi connectivity index (χ4n) is 1.80. The Kier molecular flexibility index (Phi) is 11.3. The van der Waals surface area contributed by atoms with Crippen LogP contribution in [-0.2, 0) is 23.7 Å². The Morgan fingerprint density at radius 2 is 1.75 bits per heavy atom. The Labute approximate surface area is 141 Å². The molecule has 10 heteroatoms. The summed E-state index contributed by atoms with van der Waals surface area (Å²) in [6.45, 7) is 3.23. The first-order chi connectivity index (χ1) is 11.4. The maximum Gasteiger partial charge on any atom is 0.411 e. The minimum Gasteiger partial charge on any atom is -0.480 e. The van der Waals surface area contributed by atoms with E-state index in [0.717, 1.165) is 33.0 Å². The third-order valence-electron chi connectivity index (χ3n) is 3.23. The molecule has 0 aromatic heterocycles. The average Bonchev–Trinajstić information content (AvgIpc) is 3.11. The molecule has 0 unspecified atom stereocenters. The molecule has 2 N–H and O–H groups in total. The lowest BCUT2D eigenvalue weighted by molar-refractivity contribution is -0.142. The maximum atomic E-state index is 11.0. The van der Waals surface area contributed by atoms with Crippen molar-refractivity contribution >= 4 is 18.2 Å². The first kappa shape index (κ1) is 21.9. The summed E-state index contributed by atoms with van der Waals surface area (Å²) in [4.78, 5) is 34.0. The van der Waals surface area contributed by atoms with Gasteiger partial charge in [0.05, 0.1) is 13.2 Å². The molecule has 0 bridgehead atoms. The number of carbonyl (C=O) groups is 3. The van der Waals surface area contributed by atoms with E-state index in [9.17, 15) is 14.4 Å². The lowest BCUT2D eigenvalue weighted by Gasteiger charge is -2.18. The number of aliphatic carboxylic acids is 1. The number of nitrogens with one attached hydrogen (secondary N) is 1. The number of amides is 2. The second-order valence-electron chi connectivity index (χ2n) is 4.90. The maximum absolute atomic E-state index is 11.0. The average molecular weight is 350 g/mol. The molecule has 1 saturated heterocycles. The van der Waals surface area contributed by atoms with Crippen molar-refractivity contribution in [2.24, 2.45) is 0 Å². The summed E-state index contributed by atoms with van der Waals surface area (Å²) in [5.41, 5.74) is 0. The van der Waals surface area contributed by atoms with Crippen LogP contribution in [0.4, 0.5) is 9.59 Å². The predicted octanol–water partition coefficient (Wildman–Crippen LogP) is 0.653. The van der Waals surface area contributed by atoms with Crippen LogP contribution in [0.15, 0.2) is 0 Å². The van der Waals surface area contributed by atoms with Gasteiger partial charge in [-0.05, 0) is 19.8 Å². The number of nitrogens with zero attached hydrogens (tertiary/aromatic N) is 1. The van der Waals surface area contributed by atoms with Crippen LogP contribution in [0.2, 0.25) is 0 Å². The van der Waals surface area contributed by atoms with Crippen molar-refractivity contribution in [2.45, 2.75) is 31.9 Å². The summed E-state index contributed by atoms with van der Waals surface area (Å²) < 4.78 is 18.4. The van der Waals surface area contributed by atoms with E-state index in [-0.39, 0.29) is 12.9 Å². The monoisotopic (exact) mass is 350 g/mol. The Bertz CT molecular complexity index is 398.